The molecular weight excluding hydrogens is 438 g/mol. The summed E-state index contributed by atoms with van der Waals surface area (Å²) >= 11 is 0. The van der Waals surface area contributed by atoms with E-state index in [0.29, 0.717) is 41.3 Å². The molecule has 33 heavy (non-hydrogen) atoms. The highest BCUT2D eigenvalue weighted by molar-refractivity contribution is 7.93. The summed E-state index contributed by atoms with van der Waals surface area (Å²) in [5, 5.41) is 8.81. The third-order valence-electron chi connectivity index (χ3n) is 5.78. The number of sulfonamides is 1. The Morgan fingerprint density at radius 2 is 1.88 bits per heavy atom. The number of aromatic nitrogens is 3. The number of ether oxygens (including phenoxy) is 1. The zero-order valence-electron chi connectivity index (χ0n) is 18.4. The molecule has 0 saturated heterocycles. The van der Waals surface area contributed by atoms with Crippen LogP contribution in [0.25, 0.3) is 11.3 Å². The van der Waals surface area contributed by atoms with Crippen LogP contribution in [-0.4, -0.2) is 28.6 Å². The van der Waals surface area contributed by atoms with Crippen LogP contribution in [0.3, 0.4) is 0 Å². The van der Waals surface area contributed by atoms with Gasteiger partial charge in [-0.1, -0.05) is 0 Å². The summed E-state index contributed by atoms with van der Waals surface area (Å²) in [4.78, 5) is 13.4. The molecular formula is C24H23N5O3S. The predicted octanol–water partition coefficient (Wildman–Crippen LogP) is 4.60. The van der Waals surface area contributed by atoms with Crippen molar-refractivity contribution in [1.82, 2.24) is 15.0 Å². The Morgan fingerprint density at radius 3 is 2.55 bits per heavy atom. The van der Waals surface area contributed by atoms with Crippen LogP contribution in [0.1, 0.15) is 54.1 Å². The fourth-order valence-corrected chi connectivity index (χ4v) is 5.09. The number of nitrogens with one attached hydrogen (secondary N) is 1. The molecule has 0 unspecified atom stereocenters. The Labute approximate surface area is 192 Å². The Kier molecular flexibility index (Phi) is 5.25. The standard InChI is InChI=1S/C24H23N5O3S/c1-14-9-22(17-3-4-17)27-15(2)23(14)32-24-21(29-33(30,31)19-5-6-19)8-7-20(28-24)18-10-16(11-25)12-26-13-18/h7-10,12-13,17,19,29H,3-6H2,1-2H3. The normalized spacial score (nSPS) is 15.7. The van der Waals surface area contributed by atoms with E-state index in [1.807, 2.05) is 19.9 Å². The molecule has 0 spiro atoms. The molecule has 3 heterocycles. The molecule has 0 bridgehead atoms. The topological polar surface area (TPSA) is 118 Å². The molecule has 3 aromatic rings. The lowest BCUT2D eigenvalue weighted by Gasteiger charge is -2.16. The molecule has 3 aromatic heterocycles. The number of pyridine rings is 3. The van der Waals surface area contributed by atoms with E-state index in [9.17, 15) is 13.7 Å². The Hall–Kier alpha value is -3.51. The summed E-state index contributed by atoms with van der Waals surface area (Å²) < 4.78 is 34.1. The van der Waals surface area contributed by atoms with Crippen molar-refractivity contribution in [2.24, 2.45) is 0 Å². The van der Waals surface area contributed by atoms with Crippen LogP contribution < -0.4 is 9.46 Å². The zero-order valence-corrected chi connectivity index (χ0v) is 19.2. The summed E-state index contributed by atoms with van der Waals surface area (Å²) in [5.74, 6) is 1.20. The minimum Gasteiger partial charge on any atom is -0.435 e. The number of nitriles is 1. The van der Waals surface area contributed by atoms with E-state index in [-0.39, 0.29) is 16.8 Å². The molecule has 1 N–H and O–H groups in total. The lowest BCUT2D eigenvalue weighted by atomic mass is 10.1. The first kappa shape index (κ1) is 21.3. The molecule has 9 heteroatoms. The largest absolute Gasteiger partial charge is 0.435 e. The van der Waals surface area contributed by atoms with Gasteiger partial charge in [0, 0.05) is 29.6 Å². The number of rotatable bonds is 7. The third-order valence-corrected chi connectivity index (χ3v) is 7.63. The number of hydrogen-bond donors (Lipinski definition) is 1. The predicted molar refractivity (Wildman–Crippen MR) is 124 cm³/mol. The smallest absolute Gasteiger partial charge is 0.244 e. The van der Waals surface area contributed by atoms with Crippen molar-refractivity contribution in [2.75, 3.05) is 4.72 Å². The minimum absolute atomic E-state index is 0.131. The summed E-state index contributed by atoms with van der Waals surface area (Å²) in [5.41, 5.74) is 4.53. The van der Waals surface area contributed by atoms with Crippen molar-refractivity contribution in [2.45, 2.75) is 50.7 Å². The highest BCUT2D eigenvalue weighted by atomic mass is 32.2. The fraction of sp³-hybridized carbons (Fsp3) is 0.333. The van der Waals surface area contributed by atoms with Gasteiger partial charge in [-0.05, 0) is 69.4 Å². The van der Waals surface area contributed by atoms with Crippen LogP contribution in [0.4, 0.5) is 5.69 Å². The highest BCUT2D eigenvalue weighted by Gasteiger charge is 2.36. The van der Waals surface area contributed by atoms with Crippen molar-refractivity contribution in [3.8, 4) is 29.0 Å². The lowest BCUT2D eigenvalue weighted by molar-refractivity contribution is 0.455. The number of aryl methyl sites for hydroxylation is 2. The van der Waals surface area contributed by atoms with Gasteiger partial charge in [0.05, 0.1) is 22.2 Å². The maximum atomic E-state index is 12.6. The molecule has 2 saturated carbocycles. The van der Waals surface area contributed by atoms with Crippen molar-refractivity contribution in [3.05, 3.63) is 59.2 Å². The first-order valence-electron chi connectivity index (χ1n) is 10.9. The molecule has 0 radical (unpaired) electrons. The van der Waals surface area contributed by atoms with Crippen molar-refractivity contribution in [1.29, 1.82) is 5.26 Å². The van der Waals surface area contributed by atoms with Crippen molar-refractivity contribution >= 4 is 15.7 Å². The quantitative estimate of drug-likeness (QED) is 0.546. The summed E-state index contributed by atoms with van der Waals surface area (Å²) in [6.45, 7) is 3.83. The molecule has 5 rings (SSSR count). The summed E-state index contributed by atoms with van der Waals surface area (Å²) in [6, 6.07) is 9.09. The van der Waals surface area contributed by atoms with E-state index in [4.69, 9.17) is 9.72 Å². The molecule has 2 aliphatic rings. The van der Waals surface area contributed by atoms with Crippen LogP contribution in [0.5, 0.6) is 11.6 Å². The molecule has 168 valence electrons. The van der Waals surface area contributed by atoms with Gasteiger partial charge in [0.1, 0.15) is 11.8 Å². The van der Waals surface area contributed by atoms with Gasteiger partial charge in [0.2, 0.25) is 15.9 Å². The first-order chi connectivity index (χ1) is 15.8. The average Bonchev–Trinajstić information content (AvgIpc) is 3.69. The van der Waals surface area contributed by atoms with E-state index in [1.165, 1.54) is 6.20 Å². The van der Waals surface area contributed by atoms with E-state index >= 15 is 0 Å². The second kappa shape index (κ2) is 8.12. The van der Waals surface area contributed by atoms with Crippen LogP contribution >= 0.6 is 0 Å². The lowest BCUT2D eigenvalue weighted by Crippen LogP contribution is -2.18. The van der Waals surface area contributed by atoms with E-state index in [1.54, 1.807) is 24.4 Å². The van der Waals surface area contributed by atoms with Gasteiger partial charge in [0.15, 0.2) is 5.75 Å². The Morgan fingerprint density at radius 1 is 1.09 bits per heavy atom. The van der Waals surface area contributed by atoms with E-state index in [0.717, 1.165) is 29.8 Å². The maximum Gasteiger partial charge on any atom is 0.244 e. The molecule has 2 aliphatic carbocycles. The van der Waals surface area contributed by atoms with Gasteiger partial charge in [-0.15, -0.1) is 0 Å². The minimum atomic E-state index is -3.51. The van der Waals surface area contributed by atoms with Crippen molar-refractivity contribution < 1.29 is 13.2 Å². The molecule has 2 fully saturated rings. The molecule has 0 aliphatic heterocycles. The van der Waals surface area contributed by atoms with Crippen LogP contribution in [0.15, 0.2) is 36.7 Å². The SMILES string of the molecule is Cc1cc(C2CC2)nc(C)c1Oc1nc(-c2cncc(C#N)c2)ccc1NS(=O)(=O)C1CC1. The third kappa shape index (κ3) is 4.52. The van der Waals surface area contributed by atoms with Gasteiger partial charge in [0.25, 0.3) is 0 Å². The van der Waals surface area contributed by atoms with E-state index in [2.05, 4.69) is 20.8 Å². The van der Waals surface area contributed by atoms with Crippen LogP contribution in [0.2, 0.25) is 0 Å². The number of hydrogen-bond acceptors (Lipinski definition) is 7. The van der Waals surface area contributed by atoms with Gasteiger partial charge in [-0.25, -0.2) is 13.4 Å². The van der Waals surface area contributed by atoms with Crippen LogP contribution in [-0.2, 0) is 10.0 Å². The highest BCUT2D eigenvalue weighted by Crippen LogP contribution is 2.42. The van der Waals surface area contributed by atoms with Gasteiger partial charge in [-0.2, -0.15) is 5.26 Å². The molecule has 0 aromatic carbocycles. The molecule has 8 nitrogen and oxygen atoms in total. The monoisotopic (exact) mass is 461 g/mol. The second-order valence-electron chi connectivity index (χ2n) is 8.62. The zero-order chi connectivity index (χ0) is 23.2. The van der Waals surface area contributed by atoms with Gasteiger partial charge < -0.3 is 4.74 Å². The van der Waals surface area contributed by atoms with E-state index < -0.39 is 10.0 Å². The first-order valence-corrected chi connectivity index (χ1v) is 12.4. The van der Waals surface area contributed by atoms with Crippen LogP contribution in [0, 0.1) is 25.2 Å². The molecule has 0 atom stereocenters. The average molecular weight is 462 g/mol. The summed E-state index contributed by atoms with van der Waals surface area (Å²) in [7, 11) is -3.51. The molecule has 0 amide bonds. The second-order valence-corrected chi connectivity index (χ2v) is 10.6. The van der Waals surface area contributed by atoms with Crippen molar-refractivity contribution in [3.63, 3.8) is 0 Å². The maximum absolute atomic E-state index is 12.6. The Balaban J connectivity index is 1.56. The fourth-order valence-electron chi connectivity index (χ4n) is 3.70. The van der Waals surface area contributed by atoms with Gasteiger partial charge >= 0.3 is 0 Å². The number of nitrogens with zero attached hydrogens (tertiary/aromatic N) is 4. The summed E-state index contributed by atoms with van der Waals surface area (Å²) in [6.07, 6.45) is 6.67. The Bertz CT molecular complexity index is 1370. The number of anilines is 1. The van der Waals surface area contributed by atoms with Gasteiger partial charge in [-0.3, -0.25) is 14.7 Å².